The molecular formula is C27H35N3O2. The maximum Gasteiger partial charge on any atom is 0.243 e. The molecule has 2 aromatic rings. The normalized spacial score (nSPS) is 13.0. The molecule has 0 aliphatic carbocycles. The van der Waals surface area contributed by atoms with Crippen LogP contribution >= 0.6 is 0 Å². The van der Waals surface area contributed by atoms with E-state index in [0.717, 1.165) is 57.5 Å². The van der Waals surface area contributed by atoms with Gasteiger partial charge in [-0.15, -0.1) is 0 Å². The van der Waals surface area contributed by atoms with Gasteiger partial charge in [-0.1, -0.05) is 62.2 Å². The maximum absolute atomic E-state index is 11.2. The van der Waals surface area contributed by atoms with E-state index in [1.54, 1.807) is 5.48 Å². The highest BCUT2D eigenvalue weighted by atomic mass is 16.5. The molecule has 0 saturated carbocycles. The van der Waals surface area contributed by atoms with E-state index < -0.39 is 0 Å². The number of aryl methyl sites for hydroxylation is 2. The summed E-state index contributed by atoms with van der Waals surface area (Å²) in [5.74, 6) is 0.724. The fourth-order valence-electron chi connectivity index (χ4n) is 4.17. The minimum atomic E-state index is -0.311. The maximum atomic E-state index is 11.2. The Hall–Kier alpha value is -2.92. The monoisotopic (exact) mass is 433 g/mol. The number of carbonyl (C=O) groups excluding carboxylic acids is 1. The Labute approximate surface area is 191 Å². The summed E-state index contributed by atoms with van der Waals surface area (Å²) in [4.78, 5) is 18.4. The molecule has 2 N–H and O–H groups in total. The third kappa shape index (κ3) is 6.30. The van der Waals surface area contributed by atoms with Crippen molar-refractivity contribution in [2.45, 2.75) is 58.8 Å². The number of nitrogens with one attached hydrogen (secondary N) is 1. The molecule has 1 heterocycles. The van der Waals surface area contributed by atoms with E-state index >= 15 is 0 Å². The summed E-state index contributed by atoms with van der Waals surface area (Å²) in [6, 6.07) is 15.3. The van der Waals surface area contributed by atoms with Crippen molar-refractivity contribution in [2.75, 3.05) is 18.0 Å². The Morgan fingerprint density at radius 2 is 1.94 bits per heavy atom. The van der Waals surface area contributed by atoms with Crippen LogP contribution in [0, 0.1) is 6.92 Å². The first-order valence-electron chi connectivity index (χ1n) is 11.7. The molecular weight excluding hydrogens is 398 g/mol. The number of nitrogens with zero attached hydrogens (tertiary/aromatic N) is 2. The zero-order valence-corrected chi connectivity index (χ0v) is 19.3. The molecule has 0 spiro atoms. The second-order valence-electron chi connectivity index (χ2n) is 8.29. The SMILES string of the molecule is CCc1ccc(-c2ccccc2C)cc1N(CCCCCCC(=O)NO)C1=NCCC=C1. The van der Waals surface area contributed by atoms with Gasteiger partial charge in [-0.3, -0.25) is 15.0 Å². The molecule has 0 bridgehead atoms. The van der Waals surface area contributed by atoms with Gasteiger partial charge >= 0.3 is 0 Å². The van der Waals surface area contributed by atoms with Gasteiger partial charge in [-0.05, 0) is 67.0 Å². The van der Waals surface area contributed by atoms with E-state index in [-0.39, 0.29) is 5.91 Å². The van der Waals surface area contributed by atoms with E-state index in [9.17, 15) is 4.79 Å². The lowest BCUT2D eigenvalue weighted by atomic mass is 9.97. The topological polar surface area (TPSA) is 64.9 Å². The molecule has 5 nitrogen and oxygen atoms in total. The number of amidine groups is 1. The van der Waals surface area contributed by atoms with Gasteiger partial charge in [-0.2, -0.15) is 0 Å². The van der Waals surface area contributed by atoms with Crippen molar-refractivity contribution in [2.24, 2.45) is 4.99 Å². The molecule has 0 unspecified atom stereocenters. The van der Waals surface area contributed by atoms with Crippen molar-refractivity contribution in [1.29, 1.82) is 0 Å². The predicted molar refractivity (Wildman–Crippen MR) is 132 cm³/mol. The lowest BCUT2D eigenvalue weighted by Crippen LogP contribution is -2.32. The first kappa shape index (κ1) is 23.7. The van der Waals surface area contributed by atoms with Crippen LogP contribution in [0.5, 0.6) is 0 Å². The second kappa shape index (κ2) is 12.2. The molecule has 0 saturated heterocycles. The lowest BCUT2D eigenvalue weighted by molar-refractivity contribution is -0.129. The second-order valence-corrected chi connectivity index (χ2v) is 8.29. The van der Waals surface area contributed by atoms with Crippen LogP contribution in [0.3, 0.4) is 0 Å². The lowest BCUT2D eigenvalue weighted by Gasteiger charge is -2.29. The van der Waals surface area contributed by atoms with Gasteiger partial charge in [0, 0.05) is 25.2 Å². The standard InChI is InChI=1S/C27H35N3O2/c1-3-22-16-17-23(24-13-8-7-12-21(24)2)20-25(22)30(26-14-9-10-18-28-26)19-11-5-4-6-15-27(31)29-32/h7-9,12-14,16-17,20,32H,3-6,10-11,15,18-19H2,1-2H3,(H,29,31). The van der Waals surface area contributed by atoms with E-state index in [4.69, 9.17) is 10.2 Å². The van der Waals surface area contributed by atoms with E-state index in [2.05, 4.69) is 73.4 Å². The van der Waals surface area contributed by atoms with Crippen molar-refractivity contribution < 1.29 is 10.0 Å². The molecule has 0 aromatic heterocycles. The summed E-state index contributed by atoms with van der Waals surface area (Å²) < 4.78 is 0. The van der Waals surface area contributed by atoms with Gasteiger partial charge < -0.3 is 4.90 Å². The number of aliphatic imine (C=N–C) groups is 1. The van der Waals surface area contributed by atoms with Gasteiger partial charge in [0.15, 0.2) is 0 Å². The summed E-state index contributed by atoms with van der Waals surface area (Å²) >= 11 is 0. The minimum absolute atomic E-state index is 0.311. The first-order chi connectivity index (χ1) is 15.6. The highest BCUT2D eigenvalue weighted by Crippen LogP contribution is 2.31. The van der Waals surface area contributed by atoms with Crippen molar-refractivity contribution in [1.82, 2.24) is 5.48 Å². The van der Waals surface area contributed by atoms with Crippen molar-refractivity contribution >= 4 is 17.4 Å². The third-order valence-electron chi connectivity index (χ3n) is 5.99. The van der Waals surface area contributed by atoms with E-state index in [1.165, 1.54) is 27.9 Å². The quantitative estimate of drug-likeness (QED) is 0.281. The van der Waals surface area contributed by atoms with Gasteiger partial charge in [0.1, 0.15) is 5.84 Å². The first-order valence-corrected chi connectivity index (χ1v) is 11.7. The molecule has 3 rings (SSSR count). The molecule has 2 aromatic carbocycles. The Kier molecular flexibility index (Phi) is 9.05. The van der Waals surface area contributed by atoms with Crippen LogP contribution in [0.15, 0.2) is 59.6 Å². The minimum Gasteiger partial charge on any atom is -0.326 e. The highest BCUT2D eigenvalue weighted by molar-refractivity contribution is 6.06. The molecule has 32 heavy (non-hydrogen) atoms. The third-order valence-corrected chi connectivity index (χ3v) is 5.99. The van der Waals surface area contributed by atoms with Crippen LogP contribution < -0.4 is 10.4 Å². The van der Waals surface area contributed by atoms with Crippen molar-refractivity contribution in [3.63, 3.8) is 0 Å². The van der Waals surface area contributed by atoms with E-state index in [1.807, 2.05) is 0 Å². The van der Waals surface area contributed by atoms with Crippen LogP contribution in [0.25, 0.3) is 11.1 Å². The molecule has 5 heteroatoms. The summed E-state index contributed by atoms with van der Waals surface area (Å²) in [6.45, 7) is 6.08. The predicted octanol–water partition coefficient (Wildman–Crippen LogP) is 5.85. The zero-order chi connectivity index (χ0) is 22.8. The van der Waals surface area contributed by atoms with Crippen LogP contribution in [0.4, 0.5) is 5.69 Å². The number of unbranched alkanes of at least 4 members (excludes halogenated alkanes) is 3. The van der Waals surface area contributed by atoms with Crippen LogP contribution in [-0.4, -0.2) is 30.0 Å². The fourth-order valence-corrected chi connectivity index (χ4v) is 4.17. The van der Waals surface area contributed by atoms with Gasteiger partial charge in [0.05, 0.1) is 0 Å². The smallest absolute Gasteiger partial charge is 0.243 e. The average molecular weight is 434 g/mol. The molecule has 170 valence electrons. The molecule has 1 aliphatic heterocycles. The number of carbonyl (C=O) groups is 1. The van der Waals surface area contributed by atoms with Crippen molar-refractivity contribution in [3.05, 3.63) is 65.7 Å². The van der Waals surface area contributed by atoms with E-state index in [0.29, 0.717) is 6.42 Å². The number of hydrogen-bond acceptors (Lipinski definition) is 4. The average Bonchev–Trinajstić information content (AvgIpc) is 2.84. The Morgan fingerprint density at radius 1 is 1.12 bits per heavy atom. The fraction of sp³-hybridized carbons (Fsp3) is 0.407. The Bertz CT molecular complexity index is 965. The van der Waals surface area contributed by atoms with Crippen LogP contribution in [0.2, 0.25) is 0 Å². The number of amides is 1. The molecule has 0 atom stereocenters. The summed E-state index contributed by atoms with van der Waals surface area (Å²) in [5, 5.41) is 8.63. The molecule has 0 radical (unpaired) electrons. The number of anilines is 1. The summed E-state index contributed by atoms with van der Waals surface area (Å²) in [7, 11) is 0. The van der Waals surface area contributed by atoms with Gasteiger partial charge in [0.25, 0.3) is 0 Å². The number of hydroxylamine groups is 1. The highest BCUT2D eigenvalue weighted by Gasteiger charge is 2.17. The van der Waals surface area contributed by atoms with Crippen LogP contribution in [0.1, 0.15) is 56.6 Å². The Balaban J connectivity index is 1.81. The largest absolute Gasteiger partial charge is 0.326 e. The van der Waals surface area contributed by atoms with Crippen LogP contribution in [-0.2, 0) is 11.2 Å². The van der Waals surface area contributed by atoms with Gasteiger partial charge in [-0.25, -0.2) is 5.48 Å². The summed E-state index contributed by atoms with van der Waals surface area (Å²) in [6.07, 6.45) is 10.5. The zero-order valence-electron chi connectivity index (χ0n) is 19.3. The molecule has 1 amide bonds. The molecule has 0 fully saturated rings. The number of dihydropyridines is 1. The summed E-state index contributed by atoms with van der Waals surface area (Å²) in [5.41, 5.74) is 8.03. The van der Waals surface area contributed by atoms with Gasteiger partial charge in [0.2, 0.25) is 5.91 Å². The number of hydrogen-bond donors (Lipinski definition) is 2. The number of benzene rings is 2. The number of rotatable bonds is 10. The van der Waals surface area contributed by atoms with Crippen molar-refractivity contribution in [3.8, 4) is 11.1 Å². The molecule has 1 aliphatic rings. The Morgan fingerprint density at radius 3 is 2.66 bits per heavy atom.